The van der Waals surface area contributed by atoms with Crippen LogP contribution in [0, 0.1) is 17.8 Å². The van der Waals surface area contributed by atoms with Crippen molar-refractivity contribution in [3.8, 4) is 0 Å². The van der Waals surface area contributed by atoms with Crippen molar-refractivity contribution in [2.75, 3.05) is 19.6 Å². The molecule has 1 rings (SSSR count). The molecule has 0 aromatic carbocycles. The molecule has 16 heavy (non-hydrogen) atoms. The molecule has 1 fully saturated rings. The molecule has 0 spiro atoms. The van der Waals surface area contributed by atoms with Gasteiger partial charge in [0.2, 0.25) is 5.91 Å². The predicted octanol–water partition coefficient (Wildman–Crippen LogP) is 1.78. The average Bonchev–Trinajstić information content (AvgIpc) is 2.53. The smallest absolute Gasteiger partial charge is 0.223 e. The summed E-state index contributed by atoms with van der Waals surface area (Å²) in [6, 6.07) is 0. The molecule has 1 aliphatic rings. The van der Waals surface area contributed by atoms with E-state index < -0.39 is 0 Å². The van der Waals surface area contributed by atoms with Crippen LogP contribution in [0.15, 0.2) is 0 Å². The highest BCUT2D eigenvalue weighted by molar-refractivity contribution is 5.78. The minimum Gasteiger partial charge on any atom is -0.356 e. The van der Waals surface area contributed by atoms with Gasteiger partial charge in [0.05, 0.1) is 0 Å². The van der Waals surface area contributed by atoms with E-state index in [1.165, 1.54) is 19.3 Å². The van der Waals surface area contributed by atoms with Crippen LogP contribution in [0.1, 0.15) is 40.0 Å². The summed E-state index contributed by atoms with van der Waals surface area (Å²) in [5, 5.41) is 6.50. The van der Waals surface area contributed by atoms with Gasteiger partial charge >= 0.3 is 0 Å². The molecule has 0 saturated carbocycles. The van der Waals surface area contributed by atoms with Crippen molar-refractivity contribution in [1.82, 2.24) is 10.6 Å². The van der Waals surface area contributed by atoms with Crippen LogP contribution in [0.25, 0.3) is 0 Å². The summed E-state index contributed by atoms with van der Waals surface area (Å²) in [6.45, 7) is 9.21. The molecule has 2 unspecified atom stereocenters. The summed E-state index contributed by atoms with van der Waals surface area (Å²) in [6.07, 6.45) is 3.80. The zero-order valence-electron chi connectivity index (χ0n) is 10.9. The molecule has 2 atom stereocenters. The van der Waals surface area contributed by atoms with E-state index in [1.807, 2.05) is 6.92 Å². The van der Waals surface area contributed by atoms with Crippen LogP contribution in [-0.2, 0) is 4.79 Å². The number of rotatable bonds is 4. The molecule has 0 aromatic heterocycles. The lowest BCUT2D eigenvalue weighted by atomic mass is 9.96. The molecule has 1 heterocycles. The van der Waals surface area contributed by atoms with Crippen LogP contribution in [-0.4, -0.2) is 25.5 Å². The van der Waals surface area contributed by atoms with Gasteiger partial charge in [-0.05, 0) is 37.8 Å². The lowest BCUT2D eigenvalue weighted by Crippen LogP contribution is -2.37. The first-order chi connectivity index (χ1) is 7.61. The van der Waals surface area contributed by atoms with Gasteiger partial charge in [-0.15, -0.1) is 0 Å². The van der Waals surface area contributed by atoms with Crippen molar-refractivity contribution in [3.63, 3.8) is 0 Å². The maximum absolute atomic E-state index is 11.8. The minimum absolute atomic E-state index is 0.124. The van der Waals surface area contributed by atoms with Crippen molar-refractivity contribution in [1.29, 1.82) is 0 Å². The molecular formula is C13H26N2O. The Morgan fingerprint density at radius 3 is 2.81 bits per heavy atom. The van der Waals surface area contributed by atoms with E-state index >= 15 is 0 Å². The third-order valence-electron chi connectivity index (χ3n) is 3.63. The van der Waals surface area contributed by atoms with Gasteiger partial charge in [0.1, 0.15) is 0 Å². The van der Waals surface area contributed by atoms with E-state index in [0.717, 1.165) is 19.6 Å². The van der Waals surface area contributed by atoms with E-state index in [2.05, 4.69) is 24.5 Å². The molecule has 0 radical (unpaired) electrons. The second kappa shape index (κ2) is 6.89. The molecule has 3 nitrogen and oxygen atoms in total. The molecule has 1 aliphatic heterocycles. The quantitative estimate of drug-likeness (QED) is 0.767. The largest absolute Gasteiger partial charge is 0.356 e. The molecule has 3 heteroatoms. The Kier molecular flexibility index (Phi) is 5.81. The van der Waals surface area contributed by atoms with Gasteiger partial charge in [0.25, 0.3) is 0 Å². The molecular weight excluding hydrogens is 200 g/mol. The second-order valence-corrected chi connectivity index (χ2v) is 5.34. The fourth-order valence-electron chi connectivity index (χ4n) is 1.97. The maximum atomic E-state index is 11.8. The van der Waals surface area contributed by atoms with Gasteiger partial charge in [0, 0.05) is 12.5 Å². The lowest BCUT2D eigenvalue weighted by molar-refractivity contribution is -0.125. The Morgan fingerprint density at radius 1 is 1.38 bits per heavy atom. The first-order valence-electron chi connectivity index (χ1n) is 6.59. The van der Waals surface area contributed by atoms with Gasteiger partial charge in [-0.1, -0.05) is 27.2 Å². The van der Waals surface area contributed by atoms with E-state index in [4.69, 9.17) is 0 Å². The third kappa shape index (κ3) is 4.52. The highest BCUT2D eigenvalue weighted by atomic mass is 16.1. The van der Waals surface area contributed by atoms with Gasteiger partial charge in [-0.25, -0.2) is 0 Å². The SMILES string of the molecule is CC(C)C(C)C(=O)NCC1CCCCNC1. The summed E-state index contributed by atoms with van der Waals surface area (Å²) in [5.41, 5.74) is 0. The van der Waals surface area contributed by atoms with Crippen molar-refractivity contribution in [2.45, 2.75) is 40.0 Å². The van der Waals surface area contributed by atoms with Crippen LogP contribution < -0.4 is 10.6 Å². The number of hydrogen-bond acceptors (Lipinski definition) is 2. The summed E-state index contributed by atoms with van der Waals surface area (Å²) < 4.78 is 0. The molecule has 0 aromatic rings. The van der Waals surface area contributed by atoms with Crippen molar-refractivity contribution < 1.29 is 4.79 Å². The van der Waals surface area contributed by atoms with E-state index in [0.29, 0.717) is 11.8 Å². The monoisotopic (exact) mass is 226 g/mol. The topological polar surface area (TPSA) is 41.1 Å². The molecule has 94 valence electrons. The molecule has 0 aliphatic carbocycles. The molecule has 1 saturated heterocycles. The Morgan fingerprint density at radius 2 is 2.12 bits per heavy atom. The number of carbonyl (C=O) groups is 1. The van der Waals surface area contributed by atoms with Gasteiger partial charge in [-0.3, -0.25) is 4.79 Å². The van der Waals surface area contributed by atoms with Crippen LogP contribution in [0.5, 0.6) is 0 Å². The van der Waals surface area contributed by atoms with Crippen LogP contribution in [0.3, 0.4) is 0 Å². The Labute approximate surface area is 99.4 Å². The van der Waals surface area contributed by atoms with Crippen molar-refractivity contribution >= 4 is 5.91 Å². The Hall–Kier alpha value is -0.570. The lowest BCUT2D eigenvalue weighted by Gasteiger charge is -2.19. The van der Waals surface area contributed by atoms with Crippen LogP contribution >= 0.6 is 0 Å². The van der Waals surface area contributed by atoms with Gasteiger partial charge in [0.15, 0.2) is 0 Å². The fraction of sp³-hybridized carbons (Fsp3) is 0.923. The molecule has 2 N–H and O–H groups in total. The van der Waals surface area contributed by atoms with E-state index in [-0.39, 0.29) is 11.8 Å². The summed E-state index contributed by atoms with van der Waals surface area (Å²) in [4.78, 5) is 11.8. The van der Waals surface area contributed by atoms with Crippen LogP contribution in [0.2, 0.25) is 0 Å². The highest BCUT2D eigenvalue weighted by Crippen LogP contribution is 2.12. The van der Waals surface area contributed by atoms with Crippen molar-refractivity contribution in [3.05, 3.63) is 0 Å². The van der Waals surface area contributed by atoms with E-state index in [9.17, 15) is 4.79 Å². The zero-order chi connectivity index (χ0) is 12.0. The highest BCUT2D eigenvalue weighted by Gasteiger charge is 2.18. The molecule has 0 bridgehead atoms. The fourth-order valence-corrected chi connectivity index (χ4v) is 1.97. The van der Waals surface area contributed by atoms with Gasteiger partial charge in [-0.2, -0.15) is 0 Å². The minimum atomic E-state index is 0.124. The number of hydrogen-bond donors (Lipinski definition) is 2. The Balaban J connectivity index is 2.24. The second-order valence-electron chi connectivity index (χ2n) is 5.34. The van der Waals surface area contributed by atoms with Crippen LogP contribution in [0.4, 0.5) is 0 Å². The van der Waals surface area contributed by atoms with Crippen molar-refractivity contribution in [2.24, 2.45) is 17.8 Å². The summed E-state index contributed by atoms with van der Waals surface area (Å²) in [5.74, 6) is 1.37. The number of amides is 1. The predicted molar refractivity (Wildman–Crippen MR) is 67.2 cm³/mol. The van der Waals surface area contributed by atoms with E-state index in [1.54, 1.807) is 0 Å². The number of carbonyl (C=O) groups excluding carboxylic acids is 1. The number of nitrogens with one attached hydrogen (secondary N) is 2. The third-order valence-corrected chi connectivity index (χ3v) is 3.63. The summed E-state index contributed by atoms with van der Waals surface area (Å²) in [7, 11) is 0. The zero-order valence-corrected chi connectivity index (χ0v) is 10.9. The molecule has 1 amide bonds. The maximum Gasteiger partial charge on any atom is 0.223 e. The normalized spacial score (nSPS) is 23.9. The Bertz CT molecular complexity index is 208. The first-order valence-corrected chi connectivity index (χ1v) is 6.59. The summed E-state index contributed by atoms with van der Waals surface area (Å²) >= 11 is 0. The first kappa shape index (κ1) is 13.5. The average molecular weight is 226 g/mol. The standard InChI is InChI=1S/C13H26N2O/c1-10(2)11(3)13(16)15-9-12-6-4-5-7-14-8-12/h10-12,14H,4-9H2,1-3H3,(H,15,16). The van der Waals surface area contributed by atoms with Gasteiger partial charge < -0.3 is 10.6 Å².